The van der Waals surface area contributed by atoms with Crippen molar-refractivity contribution in [1.29, 1.82) is 0 Å². The Labute approximate surface area is 122 Å². The molecule has 1 unspecified atom stereocenters. The van der Waals surface area contributed by atoms with Crippen molar-refractivity contribution in [3.63, 3.8) is 0 Å². The third-order valence-electron chi connectivity index (χ3n) is 2.51. The van der Waals surface area contributed by atoms with Gasteiger partial charge in [0.15, 0.2) is 0 Å². The second-order valence-electron chi connectivity index (χ2n) is 4.07. The molecule has 2 N–H and O–H groups in total. The lowest BCUT2D eigenvalue weighted by Gasteiger charge is -2.17. The van der Waals surface area contributed by atoms with Crippen LogP contribution in [0, 0.1) is 5.82 Å². The van der Waals surface area contributed by atoms with E-state index in [2.05, 4.69) is 20.7 Å². The molecule has 0 aliphatic carbocycles. The SMILES string of the molecule is COc1cc(F)c(Br)cc1C(N)CCOCC(F)(F)F. The molecule has 20 heavy (non-hydrogen) atoms. The highest BCUT2D eigenvalue weighted by Crippen LogP contribution is 2.31. The number of benzene rings is 1. The zero-order valence-corrected chi connectivity index (χ0v) is 12.2. The van der Waals surface area contributed by atoms with Gasteiger partial charge in [-0.25, -0.2) is 4.39 Å². The van der Waals surface area contributed by atoms with Gasteiger partial charge in [0.1, 0.15) is 18.2 Å². The van der Waals surface area contributed by atoms with Gasteiger partial charge in [0, 0.05) is 24.3 Å². The molecule has 1 atom stereocenters. The molecule has 0 heterocycles. The summed E-state index contributed by atoms with van der Waals surface area (Å²) in [7, 11) is 1.36. The smallest absolute Gasteiger partial charge is 0.411 e. The Morgan fingerprint density at radius 2 is 2.00 bits per heavy atom. The fraction of sp³-hybridized carbons (Fsp3) is 0.500. The van der Waals surface area contributed by atoms with Gasteiger partial charge in [0.2, 0.25) is 0 Å². The van der Waals surface area contributed by atoms with Gasteiger partial charge < -0.3 is 15.2 Å². The van der Waals surface area contributed by atoms with Crippen LogP contribution in [0.15, 0.2) is 16.6 Å². The van der Waals surface area contributed by atoms with Crippen molar-refractivity contribution >= 4 is 15.9 Å². The Morgan fingerprint density at radius 3 is 2.55 bits per heavy atom. The highest BCUT2D eigenvalue weighted by Gasteiger charge is 2.27. The molecule has 0 saturated carbocycles. The Morgan fingerprint density at radius 1 is 1.35 bits per heavy atom. The number of ether oxygens (including phenoxy) is 2. The highest BCUT2D eigenvalue weighted by molar-refractivity contribution is 9.10. The van der Waals surface area contributed by atoms with E-state index in [4.69, 9.17) is 10.5 Å². The number of hydrogen-bond acceptors (Lipinski definition) is 3. The van der Waals surface area contributed by atoms with E-state index in [9.17, 15) is 17.6 Å². The topological polar surface area (TPSA) is 44.5 Å². The van der Waals surface area contributed by atoms with E-state index in [0.29, 0.717) is 5.56 Å². The zero-order valence-electron chi connectivity index (χ0n) is 10.6. The average Bonchev–Trinajstić information content (AvgIpc) is 2.36. The van der Waals surface area contributed by atoms with E-state index < -0.39 is 24.6 Å². The van der Waals surface area contributed by atoms with Gasteiger partial charge in [-0.1, -0.05) is 0 Å². The Bertz CT molecular complexity index is 454. The summed E-state index contributed by atoms with van der Waals surface area (Å²) in [5.41, 5.74) is 6.35. The van der Waals surface area contributed by atoms with Crippen LogP contribution in [-0.4, -0.2) is 26.5 Å². The molecular weight excluding hydrogens is 346 g/mol. The van der Waals surface area contributed by atoms with Gasteiger partial charge in [-0.15, -0.1) is 0 Å². The molecule has 0 aliphatic heterocycles. The molecule has 0 amide bonds. The van der Waals surface area contributed by atoms with Crippen LogP contribution in [0.2, 0.25) is 0 Å². The van der Waals surface area contributed by atoms with Crippen LogP contribution in [0.4, 0.5) is 17.6 Å². The second-order valence-corrected chi connectivity index (χ2v) is 4.93. The van der Waals surface area contributed by atoms with Crippen LogP contribution in [0.3, 0.4) is 0 Å². The van der Waals surface area contributed by atoms with Crippen LogP contribution >= 0.6 is 15.9 Å². The van der Waals surface area contributed by atoms with Gasteiger partial charge in [0.25, 0.3) is 0 Å². The molecule has 0 saturated heterocycles. The van der Waals surface area contributed by atoms with E-state index in [1.807, 2.05) is 0 Å². The molecule has 0 spiro atoms. The first-order valence-corrected chi connectivity index (χ1v) is 6.47. The lowest BCUT2D eigenvalue weighted by molar-refractivity contribution is -0.174. The molecular formula is C12H14BrF4NO2. The molecule has 0 radical (unpaired) electrons. The summed E-state index contributed by atoms with van der Waals surface area (Å²) in [6, 6.07) is 1.99. The van der Waals surface area contributed by atoms with Crippen LogP contribution in [0.5, 0.6) is 5.75 Å². The van der Waals surface area contributed by atoms with E-state index in [0.717, 1.165) is 6.07 Å². The van der Waals surface area contributed by atoms with Crippen molar-refractivity contribution in [2.45, 2.75) is 18.6 Å². The first kappa shape index (κ1) is 17.2. The summed E-state index contributed by atoms with van der Waals surface area (Å²) < 4.78 is 58.7. The van der Waals surface area contributed by atoms with Crippen molar-refractivity contribution in [3.05, 3.63) is 28.0 Å². The maximum atomic E-state index is 13.3. The summed E-state index contributed by atoms with van der Waals surface area (Å²) in [5, 5.41) is 0. The summed E-state index contributed by atoms with van der Waals surface area (Å²) in [5.74, 6) is -0.264. The molecule has 0 bridgehead atoms. The normalized spacial score (nSPS) is 13.3. The quantitative estimate of drug-likeness (QED) is 0.623. The van der Waals surface area contributed by atoms with Crippen molar-refractivity contribution in [2.24, 2.45) is 5.73 Å². The Hall–Kier alpha value is -0.860. The number of halogens is 5. The minimum atomic E-state index is -4.36. The van der Waals surface area contributed by atoms with E-state index in [1.165, 1.54) is 13.2 Å². The monoisotopic (exact) mass is 359 g/mol. The average molecular weight is 360 g/mol. The highest BCUT2D eigenvalue weighted by atomic mass is 79.9. The first-order valence-electron chi connectivity index (χ1n) is 5.67. The number of nitrogens with two attached hydrogens (primary N) is 1. The van der Waals surface area contributed by atoms with Crippen LogP contribution < -0.4 is 10.5 Å². The Balaban J connectivity index is 2.63. The maximum absolute atomic E-state index is 13.3. The first-order chi connectivity index (χ1) is 9.24. The summed E-state index contributed by atoms with van der Waals surface area (Å²) >= 11 is 3.02. The van der Waals surface area contributed by atoms with Crippen LogP contribution in [-0.2, 0) is 4.74 Å². The largest absolute Gasteiger partial charge is 0.496 e. The summed E-state index contributed by atoms with van der Waals surface area (Å²) in [4.78, 5) is 0. The van der Waals surface area contributed by atoms with Crippen molar-refractivity contribution in [2.75, 3.05) is 20.3 Å². The molecule has 0 aliphatic rings. The molecule has 1 aromatic carbocycles. The maximum Gasteiger partial charge on any atom is 0.411 e. The minimum Gasteiger partial charge on any atom is -0.496 e. The van der Waals surface area contributed by atoms with Crippen molar-refractivity contribution in [3.8, 4) is 5.75 Å². The molecule has 0 fully saturated rings. The summed E-state index contributed by atoms with van der Waals surface area (Å²) in [6.45, 7) is -1.47. The number of alkyl halides is 3. The zero-order chi connectivity index (χ0) is 15.3. The van der Waals surface area contributed by atoms with Gasteiger partial charge in [-0.05, 0) is 28.4 Å². The van der Waals surface area contributed by atoms with Crippen molar-refractivity contribution < 1.29 is 27.0 Å². The number of methoxy groups -OCH3 is 1. The number of hydrogen-bond donors (Lipinski definition) is 1. The van der Waals surface area contributed by atoms with Crippen LogP contribution in [0.1, 0.15) is 18.0 Å². The van der Waals surface area contributed by atoms with Gasteiger partial charge in [-0.3, -0.25) is 0 Å². The Kier molecular flexibility index (Phi) is 6.22. The van der Waals surface area contributed by atoms with Gasteiger partial charge in [0.05, 0.1) is 11.6 Å². The lowest BCUT2D eigenvalue weighted by atomic mass is 10.0. The molecule has 1 rings (SSSR count). The van der Waals surface area contributed by atoms with Gasteiger partial charge in [-0.2, -0.15) is 13.2 Å². The predicted molar refractivity (Wildman–Crippen MR) is 69.1 cm³/mol. The number of rotatable bonds is 6. The van der Waals surface area contributed by atoms with Gasteiger partial charge >= 0.3 is 6.18 Å². The van der Waals surface area contributed by atoms with E-state index in [1.54, 1.807) is 0 Å². The third-order valence-corrected chi connectivity index (χ3v) is 3.12. The fourth-order valence-corrected chi connectivity index (χ4v) is 1.93. The third kappa shape index (κ3) is 5.26. The predicted octanol–water partition coefficient (Wildman–Crippen LogP) is 3.57. The lowest BCUT2D eigenvalue weighted by Crippen LogP contribution is -2.20. The molecule has 8 heteroatoms. The minimum absolute atomic E-state index is 0.154. The van der Waals surface area contributed by atoms with Crippen molar-refractivity contribution in [1.82, 2.24) is 0 Å². The van der Waals surface area contributed by atoms with E-state index >= 15 is 0 Å². The van der Waals surface area contributed by atoms with E-state index in [-0.39, 0.29) is 23.2 Å². The second kappa shape index (κ2) is 7.24. The molecule has 0 aromatic heterocycles. The van der Waals surface area contributed by atoms with Crippen LogP contribution in [0.25, 0.3) is 0 Å². The molecule has 114 valence electrons. The molecule has 1 aromatic rings. The fourth-order valence-electron chi connectivity index (χ4n) is 1.56. The molecule has 3 nitrogen and oxygen atoms in total. The standard InChI is InChI=1S/C12H14BrF4NO2/c1-19-11-5-9(14)8(13)4-7(11)10(18)2-3-20-6-12(15,16)17/h4-5,10H,2-3,6,18H2,1H3. The summed E-state index contributed by atoms with van der Waals surface area (Å²) in [6.07, 6.45) is -4.20.